The lowest BCUT2D eigenvalue weighted by molar-refractivity contribution is -0.246. The van der Waals surface area contributed by atoms with Crippen LogP contribution in [0.15, 0.2) is 11.6 Å². The maximum Gasteiger partial charge on any atom is 0.340 e. The molecule has 1 aliphatic carbocycles. The zero-order chi connectivity index (χ0) is 16.0. The van der Waals surface area contributed by atoms with E-state index in [9.17, 15) is 19.8 Å². The second kappa shape index (κ2) is 5.51. The summed E-state index contributed by atoms with van der Waals surface area (Å²) in [5.41, 5.74) is -2.28. The van der Waals surface area contributed by atoms with Crippen LogP contribution >= 0.6 is 11.6 Å². The number of allylic oxidation sites excluding steroid dienone is 1. The summed E-state index contributed by atoms with van der Waals surface area (Å²) >= 11 is 5.74. The smallest absolute Gasteiger partial charge is 0.340 e. The number of rotatable bonds is 5. The third-order valence-corrected chi connectivity index (χ3v) is 5.40. The predicted molar refractivity (Wildman–Crippen MR) is 78.2 cm³/mol. The molecule has 0 radical (unpaired) electrons. The minimum absolute atomic E-state index is 0.201. The maximum atomic E-state index is 12.3. The molecular weight excluding hydrogens is 310 g/mol. The minimum atomic E-state index is -1.58. The summed E-state index contributed by atoms with van der Waals surface area (Å²) in [6.45, 7) is -0.524. The Morgan fingerprint density at radius 3 is 2.77 bits per heavy atom. The molecule has 0 spiro atoms. The summed E-state index contributed by atoms with van der Waals surface area (Å²) in [5, 5.41) is 23.3. The highest BCUT2D eigenvalue weighted by Crippen LogP contribution is 2.53. The first-order chi connectivity index (χ1) is 10.5. The number of hydrogen-bond donors (Lipinski definition) is 3. The molecule has 4 atom stereocenters. The largest absolute Gasteiger partial charge is 0.450 e. The van der Waals surface area contributed by atoms with Crippen LogP contribution < -0.4 is 5.32 Å². The molecule has 0 aromatic heterocycles. The van der Waals surface area contributed by atoms with Crippen LogP contribution in [0.3, 0.4) is 0 Å². The number of carbonyl (C=O) groups is 2. The Balaban J connectivity index is 2.00. The van der Waals surface area contributed by atoms with Gasteiger partial charge in [0.25, 0.3) is 0 Å². The van der Waals surface area contributed by atoms with E-state index in [1.807, 2.05) is 6.08 Å². The monoisotopic (exact) mass is 329 g/mol. The van der Waals surface area contributed by atoms with Gasteiger partial charge in [-0.05, 0) is 37.7 Å². The summed E-state index contributed by atoms with van der Waals surface area (Å²) in [7, 11) is 0. The minimum Gasteiger partial charge on any atom is -0.450 e. The number of alkyl halides is 1. The lowest BCUT2D eigenvalue weighted by atomic mass is 9.65. The summed E-state index contributed by atoms with van der Waals surface area (Å²) < 4.78 is 5.23. The molecule has 7 heteroatoms. The molecule has 1 amide bonds. The Morgan fingerprint density at radius 1 is 1.45 bits per heavy atom. The molecule has 0 aromatic carbocycles. The lowest BCUT2D eigenvalue weighted by Crippen LogP contribution is -2.81. The van der Waals surface area contributed by atoms with Crippen LogP contribution in [0.5, 0.6) is 0 Å². The normalized spacial score (nSPS) is 38.5. The van der Waals surface area contributed by atoms with Gasteiger partial charge >= 0.3 is 5.97 Å². The van der Waals surface area contributed by atoms with Gasteiger partial charge in [-0.2, -0.15) is 0 Å². The second-order valence-corrected chi connectivity index (χ2v) is 6.57. The fourth-order valence-electron chi connectivity index (χ4n) is 3.99. The first-order valence-electron chi connectivity index (χ1n) is 7.63. The quantitative estimate of drug-likeness (QED) is 0.382. The average Bonchev–Trinajstić information content (AvgIpc) is 2.73. The van der Waals surface area contributed by atoms with Crippen molar-refractivity contribution in [1.82, 2.24) is 5.32 Å². The first kappa shape index (κ1) is 15.8. The van der Waals surface area contributed by atoms with Gasteiger partial charge in [0, 0.05) is 5.88 Å². The molecule has 3 rings (SSSR count). The second-order valence-electron chi connectivity index (χ2n) is 6.19. The van der Waals surface area contributed by atoms with Crippen LogP contribution in [0.4, 0.5) is 0 Å². The summed E-state index contributed by atoms with van der Waals surface area (Å²) in [5.74, 6) is -1.64. The van der Waals surface area contributed by atoms with E-state index < -0.39 is 41.6 Å². The van der Waals surface area contributed by atoms with E-state index in [1.165, 1.54) is 0 Å². The third-order valence-electron chi connectivity index (χ3n) is 5.18. The summed E-state index contributed by atoms with van der Waals surface area (Å²) in [4.78, 5) is 24.5. The average molecular weight is 330 g/mol. The highest BCUT2D eigenvalue weighted by atomic mass is 35.5. The van der Waals surface area contributed by atoms with Crippen molar-refractivity contribution in [1.29, 1.82) is 0 Å². The maximum absolute atomic E-state index is 12.3. The van der Waals surface area contributed by atoms with E-state index in [4.69, 9.17) is 16.3 Å². The number of nitrogens with one attached hydrogen (secondary N) is 1. The van der Waals surface area contributed by atoms with Crippen molar-refractivity contribution in [3.05, 3.63) is 11.6 Å². The number of aliphatic hydroxyl groups excluding tert-OH is 2. The van der Waals surface area contributed by atoms with Gasteiger partial charge in [0.1, 0.15) is 6.10 Å². The number of aliphatic hydroxyl groups is 2. The van der Waals surface area contributed by atoms with Crippen molar-refractivity contribution in [2.75, 3.05) is 12.5 Å². The molecule has 6 nitrogen and oxygen atoms in total. The molecule has 2 fully saturated rings. The van der Waals surface area contributed by atoms with Crippen molar-refractivity contribution < 1.29 is 24.5 Å². The summed E-state index contributed by atoms with van der Waals surface area (Å²) in [6.07, 6.45) is 4.49. The molecule has 2 aliphatic heterocycles. The number of esters is 1. The van der Waals surface area contributed by atoms with E-state index in [2.05, 4.69) is 5.32 Å². The van der Waals surface area contributed by atoms with Gasteiger partial charge in [0.15, 0.2) is 5.60 Å². The number of fused-ring (bicyclic) bond motifs is 1. The van der Waals surface area contributed by atoms with Crippen LogP contribution in [-0.2, 0) is 14.3 Å². The molecule has 2 heterocycles. The van der Waals surface area contributed by atoms with Gasteiger partial charge in [0.05, 0.1) is 12.5 Å². The summed E-state index contributed by atoms with van der Waals surface area (Å²) in [6, 6.07) is 0. The molecule has 3 N–H and O–H groups in total. The van der Waals surface area contributed by atoms with Gasteiger partial charge in [0.2, 0.25) is 11.4 Å². The number of carbonyl (C=O) groups excluding carboxylic acids is 2. The number of ether oxygens (including phenoxy) is 1. The van der Waals surface area contributed by atoms with E-state index in [1.54, 1.807) is 0 Å². The van der Waals surface area contributed by atoms with Gasteiger partial charge in [-0.1, -0.05) is 6.08 Å². The molecular formula is C15H20ClNO5. The molecule has 0 aromatic rings. The number of hydrogen-bond acceptors (Lipinski definition) is 5. The fraction of sp³-hybridized carbons (Fsp3) is 0.733. The van der Waals surface area contributed by atoms with Gasteiger partial charge < -0.3 is 20.3 Å². The molecule has 122 valence electrons. The zero-order valence-corrected chi connectivity index (χ0v) is 12.9. The van der Waals surface area contributed by atoms with Crippen molar-refractivity contribution in [2.45, 2.75) is 49.3 Å². The van der Waals surface area contributed by atoms with Gasteiger partial charge in [-0.25, -0.2) is 4.79 Å². The molecule has 22 heavy (non-hydrogen) atoms. The number of halogens is 1. The van der Waals surface area contributed by atoms with Crippen molar-refractivity contribution in [3.63, 3.8) is 0 Å². The third kappa shape index (κ3) is 1.80. The Bertz CT molecular complexity index is 536. The van der Waals surface area contributed by atoms with E-state index in [0.717, 1.165) is 24.8 Å². The highest BCUT2D eigenvalue weighted by molar-refractivity contribution is 6.18. The SMILES string of the molecule is O=C1N[C@@]2([C@@H](O)C3=CCCCC3)C(=O)O[C@@]2(CO)[C@H]1CCCl. The van der Waals surface area contributed by atoms with Crippen LogP contribution in [0.1, 0.15) is 32.1 Å². The molecule has 0 saturated carbocycles. The molecule has 3 aliphatic rings. The van der Waals surface area contributed by atoms with Crippen molar-refractivity contribution in [2.24, 2.45) is 5.92 Å². The van der Waals surface area contributed by atoms with Gasteiger partial charge in [-0.3, -0.25) is 4.79 Å². The van der Waals surface area contributed by atoms with Crippen LogP contribution in [-0.4, -0.2) is 51.8 Å². The van der Waals surface area contributed by atoms with E-state index in [0.29, 0.717) is 6.42 Å². The zero-order valence-electron chi connectivity index (χ0n) is 12.2. The molecule has 2 saturated heterocycles. The lowest BCUT2D eigenvalue weighted by Gasteiger charge is -2.54. The topological polar surface area (TPSA) is 95.9 Å². The Labute approximate surface area is 133 Å². The van der Waals surface area contributed by atoms with Crippen molar-refractivity contribution >= 4 is 23.5 Å². The standard InChI is InChI=1S/C15H20ClNO5/c16-7-6-10-12(20)17-15(13(21)22-14(10,15)8-18)11(19)9-4-2-1-3-5-9/h4,10-11,18-19H,1-3,5-8H2,(H,17,20)/t10-,11-,14-,15-/m0/s1. The predicted octanol–water partition coefficient (Wildman–Crippen LogP) is 0.249. The number of amides is 1. The van der Waals surface area contributed by atoms with E-state index >= 15 is 0 Å². The first-order valence-corrected chi connectivity index (χ1v) is 8.16. The van der Waals surface area contributed by atoms with E-state index in [-0.39, 0.29) is 12.3 Å². The van der Waals surface area contributed by atoms with Crippen LogP contribution in [0.2, 0.25) is 0 Å². The Kier molecular flexibility index (Phi) is 3.95. The van der Waals surface area contributed by atoms with Crippen molar-refractivity contribution in [3.8, 4) is 0 Å². The van der Waals surface area contributed by atoms with Crippen LogP contribution in [0, 0.1) is 5.92 Å². The highest BCUT2D eigenvalue weighted by Gasteiger charge is 2.81. The Hall–Kier alpha value is -1.11. The van der Waals surface area contributed by atoms with Gasteiger partial charge in [-0.15, -0.1) is 11.6 Å². The fourth-order valence-corrected chi connectivity index (χ4v) is 4.21. The molecule has 0 bridgehead atoms. The Morgan fingerprint density at radius 2 is 2.23 bits per heavy atom. The molecule has 0 unspecified atom stereocenters. The van der Waals surface area contributed by atoms with Crippen LogP contribution in [0.25, 0.3) is 0 Å².